The molecular formula is C22H23FN3O6S+. The number of hydrogen-bond donors (Lipinski definition) is 1. The molecule has 0 radical (unpaired) electrons. The van der Waals surface area contributed by atoms with Crippen LogP contribution >= 0.6 is 0 Å². The first-order chi connectivity index (χ1) is 15.8. The van der Waals surface area contributed by atoms with Crippen LogP contribution in [0.15, 0.2) is 47.4 Å². The molecule has 2 amide bonds. The summed E-state index contributed by atoms with van der Waals surface area (Å²) < 4.78 is 51.8. The van der Waals surface area contributed by atoms with Gasteiger partial charge in [0.15, 0.2) is 17.5 Å². The molecular weight excluding hydrogens is 453 g/mol. The van der Waals surface area contributed by atoms with Crippen molar-refractivity contribution in [3.8, 4) is 11.5 Å². The van der Waals surface area contributed by atoms with Crippen LogP contribution < -0.4 is 19.3 Å². The van der Waals surface area contributed by atoms with Crippen molar-refractivity contribution in [2.45, 2.75) is 17.4 Å². The maximum atomic E-state index is 13.2. The zero-order valence-corrected chi connectivity index (χ0v) is 18.5. The Balaban J connectivity index is 1.27. The summed E-state index contributed by atoms with van der Waals surface area (Å²) >= 11 is 0. The van der Waals surface area contributed by atoms with Gasteiger partial charge in [0.1, 0.15) is 19.0 Å². The normalized spacial score (nSPS) is 22.1. The number of fused-ring (bicyclic) bond motifs is 1. The first kappa shape index (κ1) is 21.8. The van der Waals surface area contributed by atoms with Crippen molar-refractivity contribution in [3.63, 3.8) is 0 Å². The lowest BCUT2D eigenvalue weighted by Gasteiger charge is -2.33. The molecule has 2 saturated heterocycles. The van der Waals surface area contributed by atoms with Gasteiger partial charge < -0.3 is 14.4 Å². The Morgan fingerprint density at radius 2 is 1.61 bits per heavy atom. The summed E-state index contributed by atoms with van der Waals surface area (Å²) in [6, 6.07) is 9.21. The highest BCUT2D eigenvalue weighted by Crippen LogP contribution is 2.33. The van der Waals surface area contributed by atoms with E-state index in [0.29, 0.717) is 43.5 Å². The highest BCUT2D eigenvalue weighted by molar-refractivity contribution is 7.89. The minimum absolute atomic E-state index is 0.0421. The van der Waals surface area contributed by atoms with Gasteiger partial charge in [-0.1, -0.05) is 0 Å². The average Bonchev–Trinajstić information content (AvgIpc) is 3.13. The molecule has 2 aromatic carbocycles. The number of rotatable bonds is 4. The monoisotopic (exact) mass is 476 g/mol. The van der Waals surface area contributed by atoms with Gasteiger partial charge in [0, 0.05) is 6.07 Å². The second kappa shape index (κ2) is 8.40. The molecule has 0 saturated carbocycles. The van der Waals surface area contributed by atoms with Crippen LogP contribution in [-0.2, 0) is 19.6 Å². The third-order valence-electron chi connectivity index (χ3n) is 6.24. The minimum atomic E-state index is -3.74. The predicted octanol–water partition coefficient (Wildman–Crippen LogP) is -0.182. The number of piperazine rings is 1. The van der Waals surface area contributed by atoms with Crippen LogP contribution in [0, 0.1) is 5.82 Å². The van der Waals surface area contributed by atoms with Gasteiger partial charge >= 0.3 is 0 Å². The Kier molecular flexibility index (Phi) is 5.55. The molecule has 1 N–H and O–H groups in total. The van der Waals surface area contributed by atoms with Crippen LogP contribution in [0.1, 0.15) is 6.42 Å². The fraction of sp³-hybridized carbons (Fsp3) is 0.364. The topological polar surface area (TPSA) is 97.7 Å². The van der Waals surface area contributed by atoms with Crippen LogP contribution in [0.3, 0.4) is 0 Å². The highest BCUT2D eigenvalue weighted by atomic mass is 32.2. The third-order valence-corrected chi connectivity index (χ3v) is 8.13. The molecule has 3 aliphatic rings. The maximum absolute atomic E-state index is 13.2. The van der Waals surface area contributed by atoms with Crippen molar-refractivity contribution in [3.05, 3.63) is 48.3 Å². The molecule has 33 heavy (non-hydrogen) atoms. The van der Waals surface area contributed by atoms with Crippen LogP contribution in [-0.4, -0.2) is 70.0 Å². The molecule has 0 aromatic heterocycles. The summed E-state index contributed by atoms with van der Waals surface area (Å²) in [6.07, 6.45) is 0.0421. The van der Waals surface area contributed by atoms with E-state index in [4.69, 9.17) is 9.47 Å². The quantitative estimate of drug-likeness (QED) is 0.615. The van der Waals surface area contributed by atoms with E-state index in [0.717, 1.165) is 9.80 Å². The second-order valence-corrected chi connectivity index (χ2v) is 10.1. The number of hydrogen-bond acceptors (Lipinski definition) is 6. The smallest absolute Gasteiger partial charge is 0.292 e. The van der Waals surface area contributed by atoms with Crippen molar-refractivity contribution in [1.29, 1.82) is 0 Å². The van der Waals surface area contributed by atoms with Crippen LogP contribution in [0.5, 0.6) is 11.5 Å². The van der Waals surface area contributed by atoms with E-state index in [9.17, 15) is 22.4 Å². The van der Waals surface area contributed by atoms with E-state index in [2.05, 4.69) is 0 Å². The number of quaternary nitrogens is 1. The van der Waals surface area contributed by atoms with Gasteiger partial charge in [0.25, 0.3) is 5.91 Å². The standard InChI is InChI=1S/C22H22FN3O6S/c23-15-1-3-16(4-2-15)26-21(27)14-18(22(26)28)24-7-9-25(10-8-24)33(29,30)17-5-6-19-20(13-17)32-12-11-31-19/h1-6,13,18H,7-12,14H2/p+1/t18-/m0/s1. The first-order valence-electron chi connectivity index (χ1n) is 10.7. The summed E-state index contributed by atoms with van der Waals surface area (Å²) in [5.41, 5.74) is 0.341. The third kappa shape index (κ3) is 3.96. The molecule has 0 bridgehead atoms. The Morgan fingerprint density at radius 1 is 0.939 bits per heavy atom. The van der Waals surface area contributed by atoms with Gasteiger partial charge in [0.2, 0.25) is 15.9 Å². The number of imide groups is 1. The van der Waals surface area contributed by atoms with Gasteiger partial charge in [-0.2, -0.15) is 4.31 Å². The van der Waals surface area contributed by atoms with Crippen molar-refractivity contribution < 1.29 is 36.8 Å². The summed E-state index contributed by atoms with van der Waals surface area (Å²) in [6.45, 7) is 2.02. The first-order valence-corrected chi connectivity index (χ1v) is 12.2. The second-order valence-electron chi connectivity index (χ2n) is 8.17. The number of sulfonamides is 1. The predicted molar refractivity (Wildman–Crippen MR) is 114 cm³/mol. The Bertz CT molecular complexity index is 1200. The van der Waals surface area contributed by atoms with Crippen molar-refractivity contribution in [2.75, 3.05) is 44.3 Å². The lowest BCUT2D eigenvalue weighted by atomic mass is 10.2. The SMILES string of the molecule is O=C1C[C@H]([NH+]2CCN(S(=O)(=O)c3ccc4c(c3)OCCO4)CC2)C(=O)N1c1ccc(F)cc1. The molecule has 2 fully saturated rings. The Hall–Kier alpha value is -3.02. The number of anilines is 1. The molecule has 3 heterocycles. The summed E-state index contributed by atoms with van der Waals surface area (Å²) in [5, 5.41) is 0. The molecule has 3 aliphatic heterocycles. The highest BCUT2D eigenvalue weighted by Gasteiger charge is 2.47. The van der Waals surface area contributed by atoms with E-state index >= 15 is 0 Å². The molecule has 174 valence electrons. The van der Waals surface area contributed by atoms with Crippen molar-refractivity contribution >= 4 is 27.5 Å². The average molecular weight is 477 g/mol. The fourth-order valence-electron chi connectivity index (χ4n) is 4.51. The number of nitrogens with zero attached hydrogens (tertiary/aromatic N) is 2. The number of amides is 2. The lowest BCUT2D eigenvalue weighted by Crippen LogP contribution is -3.19. The van der Waals surface area contributed by atoms with Crippen molar-refractivity contribution in [2.24, 2.45) is 0 Å². The summed E-state index contributed by atoms with van der Waals surface area (Å²) in [4.78, 5) is 27.6. The molecule has 5 rings (SSSR count). The number of carbonyl (C=O) groups is 2. The molecule has 9 nitrogen and oxygen atoms in total. The van der Waals surface area contributed by atoms with E-state index in [1.165, 1.54) is 40.7 Å². The maximum Gasteiger partial charge on any atom is 0.292 e. The molecule has 0 spiro atoms. The van der Waals surface area contributed by atoms with Crippen LogP contribution in [0.25, 0.3) is 0 Å². The van der Waals surface area contributed by atoms with Crippen LogP contribution in [0.2, 0.25) is 0 Å². The van der Waals surface area contributed by atoms with Gasteiger partial charge in [0.05, 0.1) is 43.2 Å². The Labute approximate surface area is 190 Å². The van der Waals surface area contributed by atoms with Gasteiger partial charge in [-0.05, 0) is 36.4 Å². The van der Waals surface area contributed by atoms with Gasteiger partial charge in [-0.25, -0.2) is 17.7 Å². The zero-order valence-electron chi connectivity index (χ0n) is 17.7. The minimum Gasteiger partial charge on any atom is -0.486 e. The number of halogens is 1. The van der Waals surface area contributed by atoms with E-state index < -0.39 is 21.9 Å². The Morgan fingerprint density at radius 3 is 2.30 bits per heavy atom. The fourth-order valence-corrected chi connectivity index (χ4v) is 5.97. The van der Waals surface area contributed by atoms with Gasteiger partial charge in [-0.3, -0.25) is 9.59 Å². The van der Waals surface area contributed by atoms with E-state index in [1.54, 1.807) is 6.07 Å². The molecule has 11 heteroatoms. The number of benzene rings is 2. The number of carbonyl (C=O) groups excluding carboxylic acids is 2. The molecule has 2 aromatic rings. The van der Waals surface area contributed by atoms with Crippen LogP contribution in [0.4, 0.5) is 10.1 Å². The lowest BCUT2D eigenvalue weighted by molar-refractivity contribution is -0.918. The van der Waals surface area contributed by atoms with Crippen molar-refractivity contribution in [1.82, 2.24) is 4.31 Å². The molecule has 1 atom stereocenters. The van der Waals surface area contributed by atoms with Gasteiger partial charge in [-0.15, -0.1) is 0 Å². The van der Waals surface area contributed by atoms with E-state index in [-0.39, 0.29) is 36.2 Å². The largest absolute Gasteiger partial charge is 0.486 e. The van der Waals surface area contributed by atoms with E-state index in [1.807, 2.05) is 0 Å². The molecule has 0 unspecified atom stereocenters. The number of ether oxygens (including phenoxy) is 2. The molecule has 0 aliphatic carbocycles. The number of nitrogens with one attached hydrogen (secondary N) is 1. The zero-order chi connectivity index (χ0) is 23.2. The summed E-state index contributed by atoms with van der Waals surface area (Å²) in [5.74, 6) is -0.206. The summed E-state index contributed by atoms with van der Waals surface area (Å²) in [7, 11) is -3.74.